The molecule has 6 heteroatoms. The second-order valence-electron chi connectivity index (χ2n) is 2.12. The monoisotopic (exact) mass is 225 g/mol. The van der Waals surface area contributed by atoms with Crippen LogP contribution in [-0.2, 0) is 9.05 Å². The molecule has 1 aromatic rings. The van der Waals surface area contributed by atoms with Gasteiger partial charge < -0.3 is 5.73 Å². The molecule has 0 atom stereocenters. The minimum Gasteiger partial charge on any atom is -0.398 e. The van der Waals surface area contributed by atoms with Crippen LogP contribution < -0.4 is 5.73 Å². The van der Waals surface area contributed by atoms with Crippen LogP contribution in [0.25, 0.3) is 0 Å². The fourth-order valence-electron chi connectivity index (χ4n) is 0.741. The van der Waals surface area contributed by atoms with Gasteiger partial charge in [-0.3, -0.25) is 0 Å². The lowest BCUT2D eigenvalue weighted by atomic mass is 10.3. The predicted octanol–water partition coefficient (Wildman–Crippen LogP) is 1.85. The molecule has 3 nitrogen and oxygen atoms in total. The van der Waals surface area contributed by atoms with Crippen molar-refractivity contribution in [3.05, 3.63) is 23.2 Å². The van der Waals surface area contributed by atoms with Gasteiger partial charge in [0, 0.05) is 15.7 Å². The molecule has 1 rings (SSSR count). The smallest absolute Gasteiger partial charge is 0.263 e. The summed E-state index contributed by atoms with van der Waals surface area (Å²) < 4.78 is 21.6. The standard InChI is InChI=1S/C6H5Cl2NO2S/c7-4-1-2-6(5(9)3-4)12(8,10)11/h1-3H,9H2. The van der Waals surface area contributed by atoms with Crippen molar-refractivity contribution in [3.63, 3.8) is 0 Å². The van der Waals surface area contributed by atoms with Gasteiger partial charge in [-0.25, -0.2) is 8.42 Å². The number of hydrogen-bond acceptors (Lipinski definition) is 3. The molecule has 0 saturated heterocycles. The molecule has 0 bridgehead atoms. The summed E-state index contributed by atoms with van der Waals surface area (Å²) in [4.78, 5) is -0.117. The minimum atomic E-state index is -3.76. The van der Waals surface area contributed by atoms with E-state index in [1.54, 1.807) is 0 Å². The van der Waals surface area contributed by atoms with E-state index in [2.05, 4.69) is 0 Å². The lowest BCUT2D eigenvalue weighted by Crippen LogP contribution is -1.97. The van der Waals surface area contributed by atoms with Gasteiger partial charge in [0.2, 0.25) is 0 Å². The van der Waals surface area contributed by atoms with E-state index in [4.69, 9.17) is 28.0 Å². The van der Waals surface area contributed by atoms with Crippen molar-refractivity contribution in [1.29, 1.82) is 0 Å². The maximum absolute atomic E-state index is 10.8. The van der Waals surface area contributed by atoms with Gasteiger partial charge in [-0.2, -0.15) is 0 Å². The molecule has 0 unspecified atom stereocenters. The highest BCUT2D eigenvalue weighted by Crippen LogP contribution is 2.24. The lowest BCUT2D eigenvalue weighted by molar-refractivity contribution is 0.610. The molecule has 12 heavy (non-hydrogen) atoms. The molecular formula is C6H5Cl2NO2S. The molecule has 0 aromatic heterocycles. The van der Waals surface area contributed by atoms with Crippen LogP contribution in [0.15, 0.2) is 23.1 Å². The van der Waals surface area contributed by atoms with Crippen LogP contribution in [-0.4, -0.2) is 8.42 Å². The van der Waals surface area contributed by atoms with Crippen LogP contribution in [0.5, 0.6) is 0 Å². The normalized spacial score (nSPS) is 11.5. The number of halogens is 2. The van der Waals surface area contributed by atoms with Crippen LogP contribution in [0, 0.1) is 0 Å². The largest absolute Gasteiger partial charge is 0.398 e. The molecule has 0 radical (unpaired) electrons. The van der Waals surface area contributed by atoms with E-state index in [0.717, 1.165) is 0 Å². The highest BCUT2D eigenvalue weighted by Gasteiger charge is 2.13. The predicted molar refractivity (Wildman–Crippen MR) is 48.9 cm³/mol. The Balaban J connectivity index is 3.39. The van der Waals surface area contributed by atoms with Gasteiger partial charge in [0.1, 0.15) is 4.90 Å². The van der Waals surface area contributed by atoms with Crippen molar-refractivity contribution in [2.75, 3.05) is 5.73 Å². The highest BCUT2D eigenvalue weighted by molar-refractivity contribution is 8.13. The van der Waals surface area contributed by atoms with Crippen molar-refractivity contribution in [2.45, 2.75) is 4.90 Å². The summed E-state index contributed by atoms with van der Waals surface area (Å²) in [6.07, 6.45) is 0. The number of hydrogen-bond donors (Lipinski definition) is 1. The Bertz CT molecular complexity index is 402. The zero-order valence-corrected chi connectivity index (χ0v) is 8.12. The van der Waals surface area contributed by atoms with Crippen LogP contribution in [0.2, 0.25) is 5.02 Å². The number of rotatable bonds is 1. The summed E-state index contributed by atoms with van der Waals surface area (Å²) >= 11 is 5.55. The number of nitrogen functional groups attached to an aromatic ring is 1. The summed E-state index contributed by atoms with van der Waals surface area (Å²) in [7, 11) is 1.30. The van der Waals surface area contributed by atoms with E-state index >= 15 is 0 Å². The van der Waals surface area contributed by atoms with Gasteiger partial charge in [-0.1, -0.05) is 11.6 Å². The highest BCUT2D eigenvalue weighted by atomic mass is 35.7. The molecule has 0 amide bonds. The molecule has 0 spiro atoms. The topological polar surface area (TPSA) is 60.2 Å². The molecule has 0 fully saturated rings. The van der Waals surface area contributed by atoms with Gasteiger partial charge in [0.15, 0.2) is 0 Å². The fourth-order valence-corrected chi connectivity index (χ4v) is 1.91. The maximum Gasteiger partial charge on any atom is 0.263 e. The van der Waals surface area contributed by atoms with E-state index < -0.39 is 9.05 Å². The van der Waals surface area contributed by atoms with Gasteiger partial charge in [-0.05, 0) is 18.2 Å². The third-order valence-corrected chi connectivity index (χ3v) is 2.87. The Morgan fingerprint density at radius 2 is 1.92 bits per heavy atom. The zero-order chi connectivity index (χ0) is 9.35. The Hall–Kier alpha value is -0.450. The second-order valence-corrected chi connectivity index (χ2v) is 5.09. The van der Waals surface area contributed by atoms with Crippen molar-refractivity contribution in [2.24, 2.45) is 0 Å². The molecule has 0 heterocycles. The summed E-state index contributed by atoms with van der Waals surface area (Å²) in [5.41, 5.74) is 5.41. The average Bonchev–Trinajstić information content (AvgIpc) is 1.83. The first-order valence-electron chi connectivity index (χ1n) is 2.91. The first-order chi connectivity index (χ1) is 5.41. The van der Waals surface area contributed by atoms with E-state index in [1.165, 1.54) is 18.2 Å². The molecule has 0 aliphatic heterocycles. The number of benzene rings is 1. The van der Waals surface area contributed by atoms with Crippen molar-refractivity contribution in [3.8, 4) is 0 Å². The molecule has 0 aliphatic rings. The van der Waals surface area contributed by atoms with E-state index in [1.807, 2.05) is 0 Å². The van der Waals surface area contributed by atoms with Crippen LogP contribution in [0.4, 0.5) is 5.69 Å². The Labute approximate surface area is 79.5 Å². The summed E-state index contributed by atoms with van der Waals surface area (Å²) in [5.74, 6) is 0. The third kappa shape index (κ3) is 2.03. The SMILES string of the molecule is Nc1cc(Cl)ccc1S(=O)(=O)Cl. The van der Waals surface area contributed by atoms with E-state index in [9.17, 15) is 8.42 Å². The lowest BCUT2D eigenvalue weighted by Gasteiger charge is -2.00. The zero-order valence-electron chi connectivity index (χ0n) is 5.79. The Morgan fingerprint density at radius 3 is 2.33 bits per heavy atom. The number of anilines is 1. The Morgan fingerprint density at radius 1 is 1.33 bits per heavy atom. The van der Waals surface area contributed by atoms with Gasteiger partial charge in [-0.15, -0.1) is 0 Å². The van der Waals surface area contributed by atoms with E-state index in [-0.39, 0.29) is 10.6 Å². The molecular weight excluding hydrogens is 221 g/mol. The van der Waals surface area contributed by atoms with Crippen LogP contribution in [0.1, 0.15) is 0 Å². The summed E-state index contributed by atoms with van der Waals surface area (Å²) in [6.45, 7) is 0. The van der Waals surface area contributed by atoms with Crippen molar-refractivity contribution in [1.82, 2.24) is 0 Å². The fraction of sp³-hybridized carbons (Fsp3) is 0. The molecule has 1 aromatic carbocycles. The second kappa shape index (κ2) is 3.12. The molecule has 66 valence electrons. The third-order valence-electron chi connectivity index (χ3n) is 1.23. The summed E-state index contributed by atoms with van der Waals surface area (Å²) in [5, 5.41) is 0.372. The van der Waals surface area contributed by atoms with Gasteiger partial charge in [0.05, 0.1) is 5.69 Å². The molecule has 2 N–H and O–H groups in total. The minimum absolute atomic E-state index is 0.0532. The van der Waals surface area contributed by atoms with Crippen LogP contribution in [0.3, 0.4) is 0 Å². The van der Waals surface area contributed by atoms with Crippen LogP contribution >= 0.6 is 22.3 Å². The van der Waals surface area contributed by atoms with Gasteiger partial charge in [0.25, 0.3) is 9.05 Å². The van der Waals surface area contributed by atoms with Gasteiger partial charge >= 0.3 is 0 Å². The van der Waals surface area contributed by atoms with E-state index in [0.29, 0.717) is 5.02 Å². The Kier molecular flexibility index (Phi) is 2.51. The maximum atomic E-state index is 10.8. The quantitative estimate of drug-likeness (QED) is 0.587. The molecule has 0 saturated carbocycles. The first-order valence-corrected chi connectivity index (χ1v) is 5.59. The first kappa shape index (κ1) is 9.64. The van der Waals surface area contributed by atoms with Crippen molar-refractivity contribution >= 4 is 37.0 Å². The molecule has 0 aliphatic carbocycles. The summed E-state index contributed by atoms with van der Waals surface area (Å²) in [6, 6.07) is 4.00. The number of nitrogens with two attached hydrogens (primary N) is 1. The average molecular weight is 226 g/mol. The van der Waals surface area contributed by atoms with Crippen molar-refractivity contribution < 1.29 is 8.42 Å².